The van der Waals surface area contributed by atoms with Crippen molar-refractivity contribution in [1.82, 2.24) is 15.3 Å². The lowest BCUT2D eigenvalue weighted by molar-refractivity contribution is 0.551. The normalized spacial score (nSPS) is 11.0. The van der Waals surface area contributed by atoms with Gasteiger partial charge in [0.2, 0.25) is 0 Å². The Labute approximate surface area is 129 Å². The van der Waals surface area contributed by atoms with Crippen molar-refractivity contribution in [2.45, 2.75) is 31.0 Å². The molecule has 3 nitrogen and oxygen atoms in total. The van der Waals surface area contributed by atoms with Crippen LogP contribution in [0.15, 0.2) is 41.6 Å². The number of hydrogen-bond acceptors (Lipinski definition) is 4. The maximum absolute atomic E-state index is 13.1. The van der Waals surface area contributed by atoms with Gasteiger partial charge in [-0.05, 0) is 30.7 Å². The minimum atomic E-state index is -0.215. The topological polar surface area (TPSA) is 37.8 Å². The second-order valence-electron chi connectivity index (χ2n) is 5.28. The number of aromatic nitrogens is 2. The largest absolute Gasteiger partial charge is 0.312 e. The van der Waals surface area contributed by atoms with E-state index in [4.69, 9.17) is 0 Å². The molecular formula is C16H20FN3S. The van der Waals surface area contributed by atoms with Crippen LogP contribution < -0.4 is 5.32 Å². The van der Waals surface area contributed by atoms with Gasteiger partial charge in [0.25, 0.3) is 0 Å². The zero-order valence-corrected chi connectivity index (χ0v) is 13.2. The molecule has 0 aliphatic rings. The average molecular weight is 305 g/mol. The summed E-state index contributed by atoms with van der Waals surface area (Å²) in [5, 5.41) is 3.36. The van der Waals surface area contributed by atoms with Crippen LogP contribution in [0.2, 0.25) is 0 Å². The van der Waals surface area contributed by atoms with Gasteiger partial charge in [-0.25, -0.2) is 14.4 Å². The van der Waals surface area contributed by atoms with Gasteiger partial charge in [-0.2, -0.15) is 0 Å². The van der Waals surface area contributed by atoms with Crippen LogP contribution in [0.1, 0.15) is 25.2 Å². The first-order chi connectivity index (χ1) is 10.1. The first-order valence-electron chi connectivity index (χ1n) is 7.02. The fourth-order valence-corrected chi connectivity index (χ4v) is 2.57. The van der Waals surface area contributed by atoms with Crippen molar-refractivity contribution in [3.63, 3.8) is 0 Å². The van der Waals surface area contributed by atoms with Gasteiger partial charge in [0, 0.05) is 29.4 Å². The molecule has 0 aliphatic carbocycles. The fraction of sp³-hybridized carbons (Fsp3) is 0.375. The molecule has 2 rings (SSSR count). The van der Waals surface area contributed by atoms with E-state index in [-0.39, 0.29) is 5.82 Å². The van der Waals surface area contributed by atoms with Crippen LogP contribution in [0.25, 0.3) is 0 Å². The molecule has 0 amide bonds. The Morgan fingerprint density at radius 3 is 2.67 bits per heavy atom. The number of benzene rings is 1. The third-order valence-electron chi connectivity index (χ3n) is 2.80. The Balaban J connectivity index is 1.82. The molecular weight excluding hydrogens is 285 g/mol. The molecule has 0 fully saturated rings. The Kier molecular flexibility index (Phi) is 6.14. The number of halogens is 1. The summed E-state index contributed by atoms with van der Waals surface area (Å²) < 4.78 is 13.1. The molecule has 21 heavy (non-hydrogen) atoms. The smallest absolute Gasteiger partial charge is 0.138 e. The van der Waals surface area contributed by atoms with Gasteiger partial charge in [0.15, 0.2) is 0 Å². The summed E-state index contributed by atoms with van der Waals surface area (Å²) in [4.78, 5) is 9.59. The van der Waals surface area contributed by atoms with Crippen molar-refractivity contribution in [3.8, 4) is 0 Å². The Bertz CT molecular complexity index is 558. The summed E-state index contributed by atoms with van der Waals surface area (Å²) in [7, 11) is 0. The highest BCUT2D eigenvalue weighted by molar-refractivity contribution is 7.98. The monoisotopic (exact) mass is 305 g/mol. The average Bonchev–Trinajstić information content (AvgIpc) is 2.46. The van der Waals surface area contributed by atoms with E-state index in [2.05, 4.69) is 29.1 Å². The fourth-order valence-electron chi connectivity index (χ4n) is 1.76. The SMILES string of the molecule is CC(C)CNCc1cnc(CSc2cccc(F)c2)nc1. The number of hydrogen-bond donors (Lipinski definition) is 1. The molecule has 1 aromatic carbocycles. The van der Waals surface area contributed by atoms with Crippen LogP contribution in [0, 0.1) is 11.7 Å². The molecule has 5 heteroatoms. The van der Waals surface area contributed by atoms with Crippen molar-refractivity contribution in [2.24, 2.45) is 5.92 Å². The van der Waals surface area contributed by atoms with Crippen molar-refractivity contribution in [3.05, 3.63) is 53.9 Å². The second kappa shape index (κ2) is 8.10. The van der Waals surface area contributed by atoms with Crippen LogP contribution >= 0.6 is 11.8 Å². The van der Waals surface area contributed by atoms with Gasteiger partial charge < -0.3 is 5.32 Å². The molecule has 1 N–H and O–H groups in total. The molecule has 0 saturated heterocycles. The van der Waals surface area contributed by atoms with E-state index in [1.54, 1.807) is 6.07 Å². The zero-order valence-electron chi connectivity index (χ0n) is 12.3. The minimum absolute atomic E-state index is 0.215. The number of thioether (sulfide) groups is 1. The number of nitrogens with zero attached hydrogens (tertiary/aromatic N) is 2. The Morgan fingerprint density at radius 2 is 2.00 bits per heavy atom. The quantitative estimate of drug-likeness (QED) is 0.792. The number of rotatable bonds is 7. The molecule has 0 spiro atoms. The first kappa shape index (κ1) is 15.9. The van der Waals surface area contributed by atoms with E-state index in [0.29, 0.717) is 11.7 Å². The summed E-state index contributed by atoms with van der Waals surface area (Å²) in [5.74, 6) is 1.82. The third-order valence-corrected chi connectivity index (χ3v) is 3.79. The molecule has 0 atom stereocenters. The molecule has 1 heterocycles. The molecule has 0 bridgehead atoms. The van der Waals surface area contributed by atoms with Crippen LogP contribution in [0.3, 0.4) is 0 Å². The van der Waals surface area contributed by atoms with E-state index in [1.165, 1.54) is 23.9 Å². The van der Waals surface area contributed by atoms with Gasteiger partial charge in [-0.15, -0.1) is 11.8 Å². The van der Waals surface area contributed by atoms with Gasteiger partial charge in [-0.1, -0.05) is 19.9 Å². The second-order valence-corrected chi connectivity index (χ2v) is 6.33. The predicted molar refractivity (Wildman–Crippen MR) is 84.5 cm³/mol. The standard InChI is InChI=1S/C16H20FN3S/c1-12(2)7-18-8-13-9-19-16(20-10-13)11-21-15-5-3-4-14(17)6-15/h3-6,9-10,12,18H,7-8,11H2,1-2H3. The maximum Gasteiger partial charge on any atom is 0.138 e. The van der Waals surface area contributed by atoms with E-state index >= 15 is 0 Å². The van der Waals surface area contributed by atoms with E-state index in [1.807, 2.05) is 18.5 Å². The van der Waals surface area contributed by atoms with E-state index in [0.717, 1.165) is 29.4 Å². The molecule has 0 radical (unpaired) electrons. The Hall–Kier alpha value is -1.46. The van der Waals surface area contributed by atoms with Crippen molar-refractivity contribution in [1.29, 1.82) is 0 Å². The number of nitrogens with one attached hydrogen (secondary N) is 1. The van der Waals surface area contributed by atoms with Gasteiger partial charge >= 0.3 is 0 Å². The van der Waals surface area contributed by atoms with Crippen LogP contribution in [-0.2, 0) is 12.3 Å². The highest BCUT2D eigenvalue weighted by Gasteiger charge is 2.01. The molecule has 0 unspecified atom stereocenters. The van der Waals surface area contributed by atoms with Crippen LogP contribution in [0.5, 0.6) is 0 Å². The van der Waals surface area contributed by atoms with Gasteiger partial charge in [0.1, 0.15) is 11.6 Å². The maximum atomic E-state index is 13.1. The molecule has 0 saturated carbocycles. The highest BCUT2D eigenvalue weighted by Crippen LogP contribution is 2.21. The zero-order chi connectivity index (χ0) is 15.1. The van der Waals surface area contributed by atoms with Crippen molar-refractivity contribution >= 4 is 11.8 Å². The lowest BCUT2D eigenvalue weighted by Crippen LogP contribution is -2.19. The summed E-state index contributed by atoms with van der Waals surface area (Å²) >= 11 is 1.53. The molecule has 112 valence electrons. The lowest BCUT2D eigenvalue weighted by atomic mass is 10.2. The summed E-state index contributed by atoms with van der Waals surface area (Å²) in [6, 6.07) is 6.56. The lowest BCUT2D eigenvalue weighted by Gasteiger charge is -2.07. The highest BCUT2D eigenvalue weighted by atomic mass is 32.2. The Morgan fingerprint density at radius 1 is 1.24 bits per heavy atom. The van der Waals surface area contributed by atoms with Crippen LogP contribution in [-0.4, -0.2) is 16.5 Å². The van der Waals surface area contributed by atoms with Gasteiger partial charge in [0.05, 0.1) is 5.75 Å². The molecule has 1 aromatic heterocycles. The molecule has 2 aromatic rings. The van der Waals surface area contributed by atoms with Crippen molar-refractivity contribution in [2.75, 3.05) is 6.54 Å². The first-order valence-corrected chi connectivity index (χ1v) is 8.01. The molecule has 0 aliphatic heterocycles. The summed E-state index contributed by atoms with van der Waals surface area (Å²) in [6.07, 6.45) is 3.70. The van der Waals surface area contributed by atoms with E-state index < -0.39 is 0 Å². The van der Waals surface area contributed by atoms with E-state index in [9.17, 15) is 4.39 Å². The third kappa shape index (κ3) is 5.81. The summed E-state index contributed by atoms with van der Waals surface area (Å²) in [6.45, 7) is 6.12. The minimum Gasteiger partial charge on any atom is -0.312 e. The van der Waals surface area contributed by atoms with Crippen molar-refractivity contribution < 1.29 is 4.39 Å². The van der Waals surface area contributed by atoms with Gasteiger partial charge in [-0.3, -0.25) is 0 Å². The predicted octanol–water partition coefficient (Wildman–Crippen LogP) is 3.65. The summed E-state index contributed by atoms with van der Waals surface area (Å²) in [5.41, 5.74) is 1.08. The van der Waals surface area contributed by atoms with Crippen LogP contribution in [0.4, 0.5) is 4.39 Å².